The third-order valence-corrected chi connectivity index (χ3v) is 6.12. The zero-order valence-corrected chi connectivity index (χ0v) is 13.7. The van der Waals surface area contributed by atoms with Gasteiger partial charge in [0, 0.05) is 0 Å². The quantitative estimate of drug-likeness (QED) is 0.800. The average molecular weight is 350 g/mol. The SMILES string of the molecule is C=Cc1ccc(S(=O)(=O)OS(=O)(=O)c2ccc(C=C)cc2)cc1. The molecule has 0 spiro atoms. The molecule has 0 amide bonds. The minimum absolute atomic E-state index is 0.255. The van der Waals surface area contributed by atoms with Crippen molar-refractivity contribution in [3.63, 3.8) is 0 Å². The molecule has 0 N–H and O–H groups in total. The molecule has 0 aromatic heterocycles. The van der Waals surface area contributed by atoms with Crippen molar-refractivity contribution in [1.29, 1.82) is 0 Å². The van der Waals surface area contributed by atoms with Crippen molar-refractivity contribution in [2.24, 2.45) is 0 Å². The highest BCUT2D eigenvalue weighted by atomic mass is 32.3. The molecule has 5 nitrogen and oxygen atoms in total. The fourth-order valence-electron chi connectivity index (χ4n) is 1.74. The van der Waals surface area contributed by atoms with Crippen LogP contribution in [0.4, 0.5) is 0 Å². The predicted molar refractivity (Wildman–Crippen MR) is 88.5 cm³/mol. The third kappa shape index (κ3) is 3.95. The molecule has 0 aliphatic heterocycles. The monoisotopic (exact) mass is 350 g/mol. The second kappa shape index (κ2) is 6.49. The number of hydrogen-bond acceptors (Lipinski definition) is 5. The summed E-state index contributed by atoms with van der Waals surface area (Å²) < 4.78 is 52.8. The van der Waals surface area contributed by atoms with Gasteiger partial charge in [-0.25, -0.2) is 0 Å². The van der Waals surface area contributed by atoms with Crippen LogP contribution in [0.2, 0.25) is 0 Å². The van der Waals surface area contributed by atoms with Gasteiger partial charge in [0.2, 0.25) is 0 Å². The van der Waals surface area contributed by atoms with E-state index in [0.717, 1.165) is 0 Å². The summed E-state index contributed by atoms with van der Waals surface area (Å²) in [5.74, 6) is 0. The molecule has 0 atom stereocenters. The van der Waals surface area contributed by atoms with Crippen LogP contribution in [0.1, 0.15) is 11.1 Å². The summed E-state index contributed by atoms with van der Waals surface area (Å²) in [4.78, 5) is -0.510. The van der Waals surface area contributed by atoms with Gasteiger partial charge in [-0.1, -0.05) is 49.6 Å². The summed E-state index contributed by atoms with van der Waals surface area (Å²) in [6.07, 6.45) is 3.07. The van der Waals surface area contributed by atoms with Crippen LogP contribution in [0, 0.1) is 0 Å². The van der Waals surface area contributed by atoms with Crippen molar-refractivity contribution >= 4 is 32.4 Å². The largest absolute Gasteiger partial charge is 0.311 e. The first-order chi connectivity index (χ1) is 10.8. The van der Waals surface area contributed by atoms with Gasteiger partial charge in [0.1, 0.15) is 0 Å². The lowest BCUT2D eigenvalue weighted by Crippen LogP contribution is -2.14. The average Bonchev–Trinajstić information content (AvgIpc) is 2.54. The number of benzene rings is 2. The first-order valence-corrected chi connectivity index (χ1v) is 9.26. The Morgan fingerprint density at radius 2 is 0.957 bits per heavy atom. The van der Waals surface area contributed by atoms with Crippen LogP contribution in [0.3, 0.4) is 0 Å². The van der Waals surface area contributed by atoms with Crippen LogP contribution < -0.4 is 0 Å². The lowest BCUT2D eigenvalue weighted by atomic mass is 10.2. The highest BCUT2D eigenvalue weighted by Crippen LogP contribution is 2.21. The maximum Gasteiger partial charge on any atom is 0.311 e. The maximum atomic E-state index is 12.1. The molecule has 0 radical (unpaired) electrons. The van der Waals surface area contributed by atoms with Gasteiger partial charge < -0.3 is 0 Å². The molecule has 0 bridgehead atoms. The number of hydrogen-bond donors (Lipinski definition) is 0. The molecule has 0 aliphatic rings. The standard InChI is InChI=1S/C16H14O5S2/c1-3-13-5-9-15(10-6-13)22(17,18)21-23(19,20)16-11-7-14(4-2)8-12-16/h3-12H,1-2H2. The van der Waals surface area contributed by atoms with Crippen molar-refractivity contribution < 1.29 is 20.5 Å². The Morgan fingerprint density at radius 1 is 0.652 bits per heavy atom. The highest BCUT2D eigenvalue weighted by molar-refractivity contribution is 7.99. The summed E-state index contributed by atoms with van der Waals surface area (Å²) in [7, 11) is -8.90. The lowest BCUT2D eigenvalue weighted by molar-refractivity contribution is 0.462. The molecular weight excluding hydrogens is 336 g/mol. The van der Waals surface area contributed by atoms with E-state index in [1.165, 1.54) is 60.7 Å². The molecule has 2 aromatic carbocycles. The molecule has 120 valence electrons. The Labute approximate surface area is 135 Å². The summed E-state index contributed by atoms with van der Waals surface area (Å²) in [5, 5.41) is 0. The Bertz CT molecular complexity index is 843. The first kappa shape index (κ1) is 17.1. The van der Waals surface area contributed by atoms with Gasteiger partial charge in [0.25, 0.3) is 0 Å². The molecule has 0 aliphatic carbocycles. The van der Waals surface area contributed by atoms with E-state index in [4.69, 9.17) is 0 Å². The Kier molecular flexibility index (Phi) is 4.84. The van der Waals surface area contributed by atoms with Gasteiger partial charge in [-0.2, -0.15) is 16.8 Å². The van der Waals surface area contributed by atoms with Gasteiger partial charge in [0.05, 0.1) is 9.79 Å². The number of rotatable bonds is 6. The van der Waals surface area contributed by atoms with Crippen LogP contribution >= 0.6 is 0 Å². The zero-order chi connectivity index (χ0) is 17.1. The molecule has 0 heterocycles. The third-order valence-electron chi connectivity index (χ3n) is 2.99. The Hall–Kier alpha value is -2.22. The van der Waals surface area contributed by atoms with E-state index in [2.05, 4.69) is 16.8 Å². The van der Waals surface area contributed by atoms with Crippen molar-refractivity contribution in [3.8, 4) is 0 Å². The summed E-state index contributed by atoms with van der Waals surface area (Å²) in [6, 6.07) is 11.0. The van der Waals surface area contributed by atoms with Gasteiger partial charge in [0.15, 0.2) is 0 Å². The normalized spacial score (nSPS) is 11.8. The van der Waals surface area contributed by atoms with E-state index in [0.29, 0.717) is 11.1 Å². The minimum Gasteiger partial charge on any atom is -0.193 e. The molecule has 0 saturated carbocycles. The molecule has 2 rings (SSSR count). The molecule has 0 fully saturated rings. The fraction of sp³-hybridized carbons (Fsp3) is 0. The van der Waals surface area contributed by atoms with Crippen molar-refractivity contribution in [1.82, 2.24) is 0 Å². The van der Waals surface area contributed by atoms with E-state index < -0.39 is 20.2 Å². The van der Waals surface area contributed by atoms with Crippen LogP contribution in [0.25, 0.3) is 12.2 Å². The molecule has 0 saturated heterocycles. The van der Waals surface area contributed by atoms with Crippen molar-refractivity contribution in [2.45, 2.75) is 9.79 Å². The highest BCUT2D eigenvalue weighted by Gasteiger charge is 2.26. The van der Waals surface area contributed by atoms with E-state index in [1.807, 2.05) is 0 Å². The predicted octanol–water partition coefficient (Wildman–Crippen LogP) is 3.07. The van der Waals surface area contributed by atoms with E-state index in [1.54, 1.807) is 0 Å². The van der Waals surface area contributed by atoms with E-state index >= 15 is 0 Å². The molecule has 23 heavy (non-hydrogen) atoms. The smallest absolute Gasteiger partial charge is 0.193 e. The van der Waals surface area contributed by atoms with Crippen LogP contribution in [-0.4, -0.2) is 16.8 Å². The fourth-order valence-corrected chi connectivity index (χ4v) is 4.25. The van der Waals surface area contributed by atoms with Crippen molar-refractivity contribution in [3.05, 3.63) is 72.8 Å². The maximum absolute atomic E-state index is 12.1. The minimum atomic E-state index is -4.45. The van der Waals surface area contributed by atoms with E-state index in [-0.39, 0.29) is 9.79 Å². The van der Waals surface area contributed by atoms with Crippen LogP contribution in [0.15, 0.2) is 71.5 Å². The first-order valence-electron chi connectivity index (χ1n) is 6.44. The second-order valence-corrected chi connectivity index (χ2v) is 7.83. The Morgan fingerprint density at radius 3 is 1.22 bits per heavy atom. The lowest BCUT2D eigenvalue weighted by Gasteiger charge is -2.07. The molecular formula is C16H14O5S2. The summed E-state index contributed by atoms with van der Waals surface area (Å²) in [5.41, 5.74) is 1.40. The zero-order valence-electron chi connectivity index (χ0n) is 12.0. The van der Waals surface area contributed by atoms with Gasteiger partial charge in [-0.3, -0.25) is 0 Å². The summed E-state index contributed by atoms with van der Waals surface area (Å²) >= 11 is 0. The summed E-state index contributed by atoms with van der Waals surface area (Å²) in [6.45, 7) is 7.10. The van der Waals surface area contributed by atoms with E-state index in [9.17, 15) is 16.8 Å². The van der Waals surface area contributed by atoms with Crippen LogP contribution in [-0.2, 0) is 23.9 Å². The topological polar surface area (TPSA) is 77.5 Å². The van der Waals surface area contributed by atoms with Gasteiger partial charge in [-0.05, 0) is 35.4 Å². The molecule has 2 aromatic rings. The molecule has 7 heteroatoms. The van der Waals surface area contributed by atoms with Gasteiger partial charge in [-0.15, -0.1) is 3.63 Å². The van der Waals surface area contributed by atoms with Crippen molar-refractivity contribution in [2.75, 3.05) is 0 Å². The Balaban J connectivity index is 2.33. The van der Waals surface area contributed by atoms with Crippen LogP contribution in [0.5, 0.6) is 0 Å². The van der Waals surface area contributed by atoms with Gasteiger partial charge >= 0.3 is 20.2 Å². The second-order valence-electron chi connectivity index (χ2n) is 4.52. The molecule has 0 unspecified atom stereocenters.